The van der Waals surface area contributed by atoms with E-state index in [4.69, 9.17) is 0 Å². The van der Waals surface area contributed by atoms with Gasteiger partial charge in [-0.2, -0.15) is 5.10 Å². The van der Waals surface area contributed by atoms with E-state index in [9.17, 15) is 0 Å². The zero-order chi connectivity index (χ0) is 10.1. The number of rotatable bonds is 1. The smallest absolute Gasteiger partial charge is 0.0812 e. The van der Waals surface area contributed by atoms with Crippen LogP contribution in [0.2, 0.25) is 0 Å². The summed E-state index contributed by atoms with van der Waals surface area (Å²) in [6, 6.07) is 0. The monoisotopic (exact) mass is 257 g/mol. The molecule has 1 aliphatic rings. The standard InChI is InChI=1S/C10H16BrN3/c1-7-9(11)10(13-14(7)2)8-4-3-5-12-6-8/h8,12H,3-6H2,1-2H3. The van der Waals surface area contributed by atoms with Crippen LogP contribution in [0.1, 0.15) is 30.1 Å². The van der Waals surface area contributed by atoms with Gasteiger partial charge in [0.1, 0.15) is 0 Å². The lowest BCUT2D eigenvalue weighted by atomic mass is 9.96. The van der Waals surface area contributed by atoms with Gasteiger partial charge in [-0.05, 0) is 42.2 Å². The summed E-state index contributed by atoms with van der Waals surface area (Å²) >= 11 is 3.63. The second kappa shape index (κ2) is 4.03. The van der Waals surface area contributed by atoms with Crippen molar-refractivity contribution in [1.82, 2.24) is 15.1 Å². The van der Waals surface area contributed by atoms with Crippen LogP contribution in [0.3, 0.4) is 0 Å². The Morgan fingerprint density at radius 1 is 1.57 bits per heavy atom. The van der Waals surface area contributed by atoms with Crippen molar-refractivity contribution >= 4 is 15.9 Å². The molecule has 0 bridgehead atoms. The summed E-state index contributed by atoms with van der Waals surface area (Å²) in [5, 5.41) is 7.98. The van der Waals surface area contributed by atoms with Crippen LogP contribution in [0.25, 0.3) is 0 Å². The molecule has 2 heterocycles. The van der Waals surface area contributed by atoms with Crippen molar-refractivity contribution in [2.45, 2.75) is 25.7 Å². The predicted octanol–water partition coefficient (Wildman–Crippen LogP) is 1.96. The van der Waals surface area contributed by atoms with Crippen molar-refractivity contribution in [3.63, 3.8) is 0 Å². The molecule has 1 unspecified atom stereocenters. The number of nitrogens with zero attached hydrogens (tertiary/aromatic N) is 2. The fourth-order valence-corrected chi connectivity index (χ4v) is 2.61. The number of aromatic nitrogens is 2. The summed E-state index contributed by atoms with van der Waals surface area (Å²) in [4.78, 5) is 0. The summed E-state index contributed by atoms with van der Waals surface area (Å²) in [6.45, 7) is 4.31. The Hall–Kier alpha value is -0.350. The molecule has 0 radical (unpaired) electrons. The average Bonchev–Trinajstić information content (AvgIpc) is 2.47. The molecule has 0 aromatic carbocycles. The molecular formula is C10H16BrN3. The highest BCUT2D eigenvalue weighted by Crippen LogP contribution is 2.30. The Balaban J connectivity index is 2.26. The maximum Gasteiger partial charge on any atom is 0.0812 e. The molecule has 1 aromatic rings. The summed E-state index contributed by atoms with van der Waals surface area (Å²) in [7, 11) is 2.00. The highest BCUT2D eigenvalue weighted by atomic mass is 79.9. The van der Waals surface area contributed by atoms with Crippen LogP contribution in [0.4, 0.5) is 0 Å². The van der Waals surface area contributed by atoms with Gasteiger partial charge in [-0.15, -0.1) is 0 Å². The van der Waals surface area contributed by atoms with Crippen molar-refractivity contribution in [3.05, 3.63) is 15.9 Å². The maximum absolute atomic E-state index is 4.56. The third-order valence-electron chi connectivity index (χ3n) is 2.97. The molecule has 1 atom stereocenters. The van der Waals surface area contributed by atoms with E-state index in [1.165, 1.54) is 28.7 Å². The van der Waals surface area contributed by atoms with Gasteiger partial charge in [-0.25, -0.2) is 0 Å². The third-order valence-corrected chi connectivity index (χ3v) is 3.95. The molecule has 1 fully saturated rings. The molecule has 1 N–H and O–H groups in total. The first kappa shape index (κ1) is 10.2. The van der Waals surface area contributed by atoms with E-state index in [0.717, 1.165) is 13.1 Å². The first-order chi connectivity index (χ1) is 6.70. The van der Waals surface area contributed by atoms with Crippen molar-refractivity contribution in [2.24, 2.45) is 7.05 Å². The van der Waals surface area contributed by atoms with Gasteiger partial charge in [0.15, 0.2) is 0 Å². The summed E-state index contributed by atoms with van der Waals surface area (Å²) < 4.78 is 3.14. The Bertz CT molecular complexity index is 326. The van der Waals surface area contributed by atoms with Gasteiger partial charge in [0.05, 0.1) is 10.2 Å². The quantitative estimate of drug-likeness (QED) is 0.834. The highest BCUT2D eigenvalue weighted by molar-refractivity contribution is 9.10. The number of nitrogens with one attached hydrogen (secondary N) is 1. The number of aryl methyl sites for hydroxylation is 1. The minimum absolute atomic E-state index is 0.582. The van der Waals surface area contributed by atoms with Gasteiger partial charge in [-0.1, -0.05) is 0 Å². The topological polar surface area (TPSA) is 29.9 Å². The van der Waals surface area contributed by atoms with Crippen molar-refractivity contribution < 1.29 is 0 Å². The molecule has 0 aliphatic carbocycles. The van der Waals surface area contributed by atoms with Crippen LogP contribution in [0.5, 0.6) is 0 Å². The second-order valence-corrected chi connectivity index (χ2v) is 4.74. The highest BCUT2D eigenvalue weighted by Gasteiger charge is 2.21. The SMILES string of the molecule is Cc1c(Br)c(C2CCCNC2)nn1C. The van der Waals surface area contributed by atoms with E-state index < -0.39 is 0 Å². The Morgan fingerprint density at radius 3 is 2.86 bits per heavy atom. The average molecular weight is 258 g/mol. The van der Waals surface area contributed by atoms with Gasteiger partial charge in [-0.3, -0.25) is 4.68 Å². The van der Waals surface area contributed by atoms with Crippen molar-refractivity contribution in [3.8, 4) is 0 Å². The van der Waals surface area contributed by atoms with Gasteiger partial charge in [0, 0.05) is 25.2 Å². The van der Waals surface area contributed by atoms with Crippen LogP contribution in [0, 0.1) is 6.92 Å². The Morgan fingerprint density at radius 2 is 2.36 bits per heavy atom. The van der Waals surface area contributed by atoms with Gasteiger partial charge >= 0.3 is 0 Å². The molecule has 2 rings (SSSR count). The molecule has 78 valence electrons. The molecule has 14 heavy (non-hydrogen) atoms. The molecule has 3 nitrogen and oxygen atoms in total. The predicted molar refractivity (Wildman–Crippen MR) is 60.5 cm³/mol. The van der Waals surface area contributed by atoms with E-state index in [2.05, 4.69) is 33.3 Å². The fourth-order valence-electron chi connectivity index (χ4n) is 1.95. The lowest BCUT2D eigenvalue weighted by Crippen LogP contribution is -2.28. The Kier molecular flexibility index (Phi) is 2.93. The zero-order valence-electron chi connectivity index (χ0n) is 8.68. The molecule has 0 spiro atoms. The first-order valence-electron chi connectivity index (χ1n) is 5.10. The largest absolute Gasteiger partial charge is 0.316 e. The lowest BCUT2D eigenvalue weighted by Gasteiger charge is -2.21. The molecule has 1 aromatic heterocycles. The molecule has 1 aliphatic heterocycles. The van der Waals surface area contributed by atoms with Crippen LogP contribution in [-0.4, -0.2) is 22.9 Å². The lowest BCUT2D eigenvalue weighted by molar-refractivity contribution is 0.450. The summed E-state index contributed by atoms with van der Waals surface area (Å²) in [5.41, 5.74) is 2.43. The molecule has 4 heteroatoms. The van der Waals surface area contributed by atoms with E-state index in [-0.39, 0.29) is 0 Å². The second-order valence-electron chi connectivity index (χ2n) is 3.95. The Labute approximate surface area is 93.0 Å². The molecule has 1 saturated heterocycles. The maximum atomic E-state index is 4.56. The zero-order valence-corrected chi connectivity index (χ0v) is 10.3. The van der Waals surface area contributed by atoms with E-state index >= 15 is 0 Å². The number of hydrogen-bond acceptors (Lipinski definition) is 2. The van der Waals surface area contributed by atoms with E-state index in [1.54, 1.807) is 0 Å². The normalized spacial score (nSPS) is 22.6. The fraction of sp³-hybridized carbons (Fsp3) is 0.700. The summed E-state index contributed by atoms with van der Waals surface area (Å²) in [5.74, 6) is 0.582. The van der Waals surface area contributed by atoms with E-state index in [0.29, 0.717) is 5.92 Å². The van der Waals surface area contributed by atoms with Crippen molar-refractivity contribution in [1.29, 1.82) is 0 Å². The van der Waals surface area contributed by atoms with Crippen LogP contribution in [-0.2, 0) is 7.05 Å². The molecule has 0 saturated carbocycles. The van der Waals surface area contributed by atoms with Crippen LogP contribution < -0.4 is 5.32 Å². The van der Waals surface area contributed by atoms with Gasteiger partial charge < -0.3 is 5.32 Å². The van der Waals surface area contributed by atoms with Gasteiger partial charge in [0.2, 0.25) is 0 Å². The van der Waals surface area contributed by atoms with Gasteiger partial charge in [0.25, 0.3) is 0 Å². The summed E-state index contributed by atoms with van der Waals surface area (Å²) in [6.07, 6.45) is 2.51. The third kappa shape index (κ3) is 1.73. The minimum atomic E-state index is 0.582. The number of piperidine rings is 1. The molecule has 0 amide bonds. The number of hydrogen-bond donors (Lipinski definition) is 1. The minimum Gasteiger partial charge on any atom is -0.316 e. The van der Waals surface area contributed by atoms with Crippen LogP contribution >= 0.6 is 15.9 Å². The molecular weight excluding hydrogens is 242 g/mol. The van der Waals surface area contributed by atoms with Crippen LogP contribution in [0.15, 0.2) is 4.47 Å². The van der Waals surface area contributed by atoms with Crippen molar-refractivity contribution in [2.75, 3.05) is 13.1 Å². The number of halogens is 1. The first-order valence-corrected chi connectivity index (χ1v) is 5.89. The van der Waals surface area contributed by atoms with E-state index in [1.807, 2.05) is 11.7 Å².